The van der Waals surface area contributed by atoms with E-state index in [9.17, 15) is 4.39 Å². The highest BCUT2D eigenvalue weighted by molar-refractivity contribution is 9.10. The first-order chi connectivity index (χ1) is 8.56. The molecule has 2 fully saturated rings. The zero-order valence-corrected chi connectivity index (χ0v) is 12.9. The van der Waals surface area contributed by atoms with Crippen LogP contribution in [0.2, 0.25) is 5.02 Å². The van der Waals surface area contributed by atoms with E-state index >= 15 is 0 Å². The van der Waals surface area contributed by atoms with Crippen molar-refractivity contribution in [2.24, 2.45) is 17.8 Å². The molecule has 0 amide bonds. The van der Waals surface area contributed by atoms with Gasteiger partial charge in [0.2, 0.25) is 0 Å². The summed E-state index contributed by atoms with van der Waals surface area (Å²) in [5.41, 5.74) is 0.558. The third kappa shape index (κ3) is 2.21. The molecule has 2 saturated carbocycles. The minimum Gasteiger partial charge on any atom is -0.207 e. The van der Waals surface area contributed by atoms with Crippen molar-refractivity contribution in [3.63, 3.8) is 0 Å². The summed E-state index contributed by atoms with van der Waals surface area (Å²) in [6, 6.07) is 3.09. The predicted molar refractivity (Wildman–Crippen MR) is 76.6 cm³/mol. The van der Waals surface area contributed by atoms with Gasteiger partial charge in [-0.15, -0.1) is 11.6 Å². The van der Waals surface area contributed by atoms with Gasteiger partial charge >= 0.3 is 0 Å². The molecule has 1 aromatic carbocycles. The highest BCUT2D eigenvalue weighted by Gasteiger charge is 2.43. The smallest absolute Gasteiger partial charge is 0.129 e. The highest BCUT2D eigenvalue weighted by atomic mass is 79.9. The molecular weight excluding hydrogens is 338 g/mol. The van der Waals surface area contributed by atoms with Crippen LogP contribution in [0.1, 0.15) is 36.6 Å². The number of alkyl halides is 1. The van der Waals surface area contributed by atoms with Crippen LogP contribution < -0.4 is 0 Å². The average molecular weight is 352 g/mol. The average Bonchev–Trinajstić information content (AvgIpc) is 2.95. The molecule has 4 atom stereocenters. The summed E-state index contributed by atoms with van der Waals surface area (Å²) in [5, 5.41) is 0.283. The second-order valence-electron chi connectivity index (χ2n) is 5.53. The van der Waals surface area contributed by atoms with Gasteiger partial charge in [-0.25, -0.2) is 4.39 Å². The molecular formula is C14H14BrCl2F. The van der Waals surface area contributed by atoms with Crippen LogP contribution in [0.25, 0.3) is 0 Å². The molecule has 4 heteroatoms. The molecule has 0 heterocycles. The minimum atomic E-state index is -0.256. The SMILES string of the molecule is Fc1cc(Br)c(Cl)cc1C(Cl)C1CC2CCC1C2. The number of benzene rings is 1. The van der Waals surface area contributed by atoms with Gasteiger partial charge in [0.15, 0.2) is 0 Å². The maximum absolute atomic E-state index is 14.0. The Hall–Kier alpha value is 0.210. The van der Waals surface area contributed by atoms with Gasteiger partial charge in [-0.1, -0.05) is 18.0 Å². The first-order valence-corrected chi connectivity index (χ1v) is 7.95. The third-order valence-corrected chi connectivity index (χ3v) is 6.26. The number of halogens is 4. The van der Waals surface area contributed by atoms with Gasteiger partial charge in [-0.2, -0.15) is 0 Å². The van der Waals surface area contributed by atoms with E-state index in [2.05, 4.69) is 15.9 Å². The maximum atomic E-state index is 14.0. The predicted octanol–water partition coefficient (Wildman–Crippen LogP) is 5.96. The normalized spacial score (nSPS) is 31.9. The van der Waals surface area contributed by atoms with Crippen LogP contribution in [0.5, 0.6) is 0 Å². The van der Waals surface area contributed by atoms with Crippen LogP contribution in [-0.4, -0.2) is 0 Å². The lowest BCUT2D eigenvalue weighted by Gasteiger charge is -2.27. The van der Waals surface area contributed by atoms with Crippen molar-refractivity contribution in [2.75, 3.05) is 0 Å². The second kappa shape index (κ2) is 4.96. The lowest BCUT2D eigenvalue weighted by Crippen LogP contribution is -2.16. The van der Waals surface area contributed by atoms with Crippen molar-refractivity contribution in [3.05, 3.63) is 33.0 Å². The largest absolute Gasteiger partial charge is 0.207 e. The van der Waals surface area contributed by atoms with Crippen LogP contribution in [0.4, 0.5) is 4.39 Å². The summed E-state index contributed by atoms with van der Waals surface area (Å²) >= 11 is 15.8. The van der Waals surface area contributed by atoms with Gasteiger partial charge in [0.05, 0.1) is 10.4 Å². The van der Waals surface area contributed by atoms with Crippen LogP contribution in [0.15, 0.2) is 16.6 Å². The van der Waals surface area contributed by atoms with Crippen molar-refractivity contribution in [3.8, 4) is 0 Å². The topological polar surface area (TPSA) is 0 Å². The summed E-state index contributed by atoms with van der Waals surface area (Å²) < 4.78 is 14.6. The molecule has 0 radical (unpaired) electrons. The van der Waals surface area contributed by atoms with E-state index in [4.69, 9.17) is 23.2 Å². The van der Waals surface area contributed by atoms with Gasteiger partial charge in [0.25, 0.3) is 0 Å². The van der Waals surface area contributed by atoms with Gasteiger partial charge in [0, 0.05) is 10.0 Å². The Morgan fingerprint density at radius 2 is 2.06 bits per heavy atom. The standard InChI is InChI=1S/C14H14BrCl2F/c15-11-6-13(18)10(5-12(11)16)14(17)9-4-7-1-2-8(9)3-7/h5-9,14H,1-4H2. The molecule has 3 rings (SSSR count). The molecule has 0 aromatic heterocycles. The monoisotopic (exact) mass is 350 g/mol. The minimum absolute atomic E-state index is 0.245. The van der Waals surface area contributed by atoms with Crippen molar-refractivity contribution >= 4 is 39.1 Å². The Morgan fingerprint density at radius 1 is 1.28 bits per heavy atom. The zero-order chi connectivity index (χ0) is 12.9. The fourth-order valence-electron chi connectivity index (χ4n) is 3.63. The summed E-state index contributed by atoms with van der Waals surface area (Å²) in [6.07, 6.45) is 5.00. The molecule has 2 aliphatic rings. The van der Waals surface area contributed by atoms with E-state index in [1.807, 2.05) is 0 Å². The molecule has 0 spiro atoms. The van der Waals surface area contributed by atoms with E-state index in [-0.39, 0.29) is 11.2 Å². The van der Waals surface area contributed by atoms with Gasteiger partial charge < -0.3 is 0 Å². The molecule has 98 valence electrons. The highest BCUT2D eigenvalue weighted by Crippen LogP contribution is 2.54. The van der Waals surface area contributed by atoms with Crippen LogP contribution in [-0.2, 0) is 0 Å². The summed E-state index contributed by atoms with van der Waals surface area (Å²) in [5.74, 6) is 1.65. The number of fused-ring (bicyclic) bond motifs is 2. The molecule has 4 unspecified atom stereocenters. The van der Waals surface area contributed by atoms with Crippen LogP contribution in [0, 0.1) is 23.6 Å². The number of hydrogen-bond acceptors (Lipinski definition) is 0. The van der Waals surface area contributed by atoms with Crippen molar-refractivity contribution < 1.29 is 4.39 Å². The summed E-state index contributed by atoms with van der Waals surface area (Å²) in [7, 11) is 0. The Morgan fingerprint density at radius 3 is 2.67 bits per heavy atom. The number of hydrogen-bond donors (Lipinski definition) is 0. The molecule has 2 bridgehead atoms. The van der Waals surface area contributed by atoms with E-state index in [1.165, 1.54) is 25.3 Å². The van der Waals surface area contributed by atoms with E-state index in [1.54, 1.807) is 6.07 Å². The first kappa shape index (κ1) is 13.2. The van der Waals surface area contributed by atoms with Crippen molar-refractivity contribution in [2.45, 2.75) is 31.1 Å². The molecule has 0 N–H and O–H groups in total. The molecule has 1 aromatic rings. The van der Waals surface area contributed by atoms with E-state index in [0.29, 0.717) is 26.9 Å². The third-order valence-electron chi connectivity index (χ3n) is 4.51. The molecule has 0 saturated heterocycles. The van der Waals surface area contributed by atoms with E-state index in [0.717, 1.165) is 12.3 Å². The second-order valence-corrected chi connectivity index (χ2v) is 7.26. The molecule has 0 nitrogen and oxygen atoms in total. The number of rotatable bonds is 2. The fraction of sp³-hybridized carbons (Fsp3) is 0.571. The zero-order valence-electron chi connectivity index (χ0n) is 9.80. The molecule has 2 aliphatic carbocycles. The van der Waals surface area contributed by atoms with E-state index < -0.39 is 0 Å². The van der Waals surface area contributed by atoms with Crippen LogP contribution in [0.3, 0.4) is 0 Å². The lowest BCUT2D eigenvalue weighted by molar-refractivity contribution is 0.320. The molecule has 18 heavy (non-hydrogen) atoms. The van der Waals surface area contributed by atoms with Gasteiger partial charge in [-0.3, -0.25) is 0 Å². The van der Waals surface area contributed by atoms with Crippen molar-refractivity contribution in [1.82, 2.24) is 0 Å². The quantitative estimate of drug-likeness (QED) is 0.455. The Balaban J connectivity index is 1.88. The Kier molecular flexibility index (Phi) is 3.64. The summed E-state index contributed by atoms with van der Waals surface area (Å²) in [6.45, 7) is 0. The van der Waals surface area contributed by atoms with Gasteiger partial charge in [0.1, 0.15) is 5.82 Å². The molecule has 0 aliphatic heterocycles. The summed E-state index contributed by atoms with van der Waals surface area (Å²) in [4.78, 5) is 0. The van der Waals surface area contributed by atoms with Gasteiger partial charge in [-0.05, 0) is 65.1 Å². The lowest BCUT2D eigenvalue weighted by atomic mass is 9.84. The Bertz CT molecular complexity index is 477. The van der Waals surface area contributed by atoms with Crippen LogP contribution >= 0.6 is 39.1 Å². The van der Waals surface area contributed by atoms with Crippen molar-refractivity contribution in [1.29, 1.82) is 0 Å². The fourth-order valence-corrected chi connectivity index (χ4v) is 4.60. The Labute approximate surface area is 125 Å². The first-order valence-electron chi connectivity index (χ1n) is 6.34. The maximum Gasteiger partial charge on any atom is 0.129 e.